The molecule has 0 atom stereocenters. The van der Waals surface area contributed by atoms with Crippen LogP contribution in [0.3, 0.4) is 0 Å². The van der Waals surface area contributed by atoms with Gasteiger partial charge in [0.15, 0.2) is 0 Å². The summed E-state index contributed by atoms with van der Waals surface area (Å²) in [6.07, 6.45) is 1.73. The number of fused-ring (bicyclic) bond motifs is 1. The van der Waals surface area contributed by atoms with Crippen molar-refractivity contribution in [1.29, 1.82) is 0 Å². The van der Waals surface area contributed by atoms with Gasteiger partial charge in [-0.25, -0.2) is 0 Å². The van der Waals surface area contributed by atoms with E-state index in [2.05, 4.69) is 27.2 Å². The van der Waals surface area contributed by atoms with Crippen LogP contribution in [0.4, 0.5) is 0 Å². The number of nitrogens with zero attached hydrogens (tertiary/aromatic N) is 3. The van der Waals surface area contributed by atoms with Crippen LogP contribution in [0, 0.1) is 11.8 Å². The van der Waals surface area contributed by atoms with Crippen LogP contribution in [0.1, 0.15) is 10.5 Å². The molecule has 6 heteroatoms. The second kappa shape index (κ2) is 8.93. The number of hydrogen-bond acceptors (Lipinski definition) is 4. The molecule has 2 aromatic carbocycles. The molecule has 0 fully saturated rings. The van der Waals surface area contributed by atoms with Crippen LogP contribution in [0.15, 0.2) is 72.9 Å². The molecule has 30 heavy (non-hydrogen) atoms. The zero-order valence-corrected chi connectivity index (χ0v) is 16.5. The summed E-state index contributed by atoms with van der Waals surface area (Å²) < 4.78 is 7.29. The van der Waals surface area contributed by atoms with Crippen LogP contribution in [-0.4, -0.2) is 33.8 Å². The lowest BCUT2D eigenvalue weighted by Crippen LogP contribution is -2.25. The van der Waals surface area contributed by atoms with E-state index < -0.39 is 0 Å². The summed E-state index contributed by atoms with van der Waals surface area (Å²) in [7, 11) is 1.75. The largest absolute Gasteiger partial charge is 0.479 e. The normalized spacial score (nSPS) is 10.3. The Hall–Kier alpha value is -4.11. The quantitative estimate of drug-likeness (QED) is 0.525. The van der Waals surface area contributed by atoms with Gasteiger partial charge in [-0.2, -0.15) is 5.10 Å². The fourth-order valence-corrected chi connectivity index (χ4v) is 3.06. The van der Waals surface area contributed by atoms with Crippen molar-refractivity contribution < 1.29 is 9.53 Å². The van der Waals surface area contributed by atoms with Gasteiger partial charge in [-0.15, -0.1) is 0 Å². The van der Waals surface area contributed by atoms with E-state index in [1.807, 2.05) is 60.7 Å². The molecule has 0 saturated heterocycles. The fourth-order valence-electron chi connectivity index (χ4n) is 3.06. The smallest absolute Gasteiger partial charge is 0.270 e. The minimum atomic E-state index is -0.222. The van der Waals surface area contributed by atoms with E-state index >= 15 is 0 Å². The Labute approximate surface area is 174 Å². The highest BCUT2D eigenvalue weighted by Crippen LogP contribution is 2.22. The van der Waals surface area contributed by atoms with E-state index in [0.29, 0.717) is 11.4 Å². The van der Waals surface area contributed by atoms with Crippen molar-refractivity contribution in [3.63, 3.8) is 0 Å². The van der Waals surface area contributed by atoms with Crippen LogP contribution in [0.5, 0.6) is 5.75 Å². The van der Waals surface area contributed by atoms with Gasteiger partial charge in [0.1, 0.15) is 23.6 Å². The van der Waals surface area contributed by atoms with Crippen LogP contribution < -0.4 is 10.1 Å². The minimum Gasteiger partial charge on any atom is -0.479 e. The topological polar surface area (TPSA) is 69.0 Å². The number of para-hydroxylation sites is 1. The molecule has 0 spiro atoms. The maximum atomic E-state index is 12.4. The minimum absolute atomic E-state index is 0.218. The molecule has 2 aromatic heterocycles. The Morgan fingerprint density at radius 1 is 1.07 bits per heavy atom. The van der Waals surface area contributed by atoms with E-state index in [-0.39, 0.29) is 19.1 Å². The van der Waals surface area contributed by atoms with Crippen LogP contribution in [0.2, 0.25) is 0 Å². The van der Waals surface area contributed by atoms with Crippen molar-refractivity contribution in [3.8, 4) is 28.8 Å². The van der Waals surface area contributed by atoms with Crippen LogP contribution >= 0.6 is 0 Å². The third-order valence-corrected chi connectivity index (χ3v) is 4.54. The number of rotatable bonds is 5. The zero-order valence-electron chi connectivity index (χ0n) is 16.5. The predicted molar refractivity (Wildman–Crippen MR) is 116 cm³/mol. The number of amides is 1. The summed E-state index contributed by atoms with van der Waals surface area (Å²) in [6, 6.07) is 21.2. The average molecular weight is 396 g/mol. The summed E-state index contributed by atoms with van der Waals surface area (Å²) in [5, 5.41) is 8.22. The number of pyridine rings is 1. The van der Waals surface area contributed by atoms with Gasteiger partial charge < -0.3 is 10.1 Å². The molecule has 148 valence electrons. The zero-order chi connectivity index (χ0) is 20.8. The number of aryl methyl sites for hydroxylation is 1. The van der Waals surface area contributed by atoms with E-state index in [1.54, 1.807) is 24.0 Å². The summed E-state index contributed by atoms with van der Waals surface area (Å²) in [6.45, 7) is 0.442. The fraction of sp³-hybridized carbons (Fsp3) is 0.125. The predicted octanol–water partition coefficient (Wildman–Crippen LogP) is 3.45. The molecule has 1 N–H and O–H groups in total. The number of hydrogen-bond donors (Lipinski definition) is 1. The Kier molecular flexibility index (Phi) is 5.72. The number of aromatic nitrogens is 3. The molecule has 0 aliphatic carbocycles. The molecule has 2 heterocycles. The molecule has 0 saturated carbocycles. The van der Waals surface area contributed by atoms with Gasteiger partial charge in [-0.1, -0.05) is 60.4 Å². The molecule has 0 aliphatic heterocycles. The van der Waals surface area contributed by atoms with Gasteiger partial charge in [0.2, 0.25) is 0 Å². The maximum absolute atomic E-state index is 12.4. The second-order valence-electron chi connectivity index (χ2n) is 6.56. The van der Waals surface area contributed by atoms with Gasteiger partial charge in [0.25, 0.3) is 5.91 Å². The summed E-state index contributed by atoms with van der Waals surface area (Å²) in [5.74, 6) is 6.29. The Morgan fingerprint density at radius 3 is 2.77 bits per heavy atom. The van der Waals surface area contributed by atoms with E-state index in [9.17, 15) is 4.79 Å². The number of ether oxygens (including phenoxy) is 1. The highest BCUT2D eigenvalue weighted by Gasteiger charge is 2.13. The first-order chi connectivity index (χ1) is 14.7. The Balaban J connectivity index is 1.31. The molecule has 1 amide bonds. The van der Waals surface area contributed by atoms with Crippen molar-refractivity contribution in [2.45, 2.75) is 0 Å². The van der Waals surface area contributed by atoms with Gasteiger partial charge in [-0.3, -0.25) is 14.5 Å². The van der Waals surface area contributed by atoms with Gasteiger partial charge in [0, 0.05) is 24.2 Å². The number of benzene rings is 2. The van der Waals surface area contributed by atoms with Crippen molar-refractivity contribution in [2.24, 2.45) is 7.05 Å². The number of nitrogens with one attached hydrogen (secondary N) is 1. The number of carbonyl (C=O) groups excluding carboxylic acids is 1. The van der Waals surface area contributed by atoms with Crippen molar-refractivity contribution in [3.05, 3.63) is 78.6 Å². The van der Waals surface area contributed by atoms with E-state index in [0.717, 1.165) is 22.2 Å². The van der Waals surface area contributed by atoms with Crippen molar-refractivity contribution in [2.75, 3.05) is 13.2 Å². The SMILES string of the molecule is Cn1nc(-c2ccccc2)cc1C(=O)NCC#CCOc1cccc2cccnc12. The second-order valence-corrected chi connectivity index (χ2v) is 6.56. The molecule has 6 nitrogen and oxygen atoms in total. The monoisotopic (exact) mass is 396 g/mol. The standard InChI is InChI=1S/C24H20N4O2/c1-28-21(17-20(27-28)18-9-3-2-4-10-18)24(29)26-14-5-6-16-30-22-13-7-11-19-12-8-15-25-23(19)22/h2-4,7-13,15,17H,14,16H2,1H3,(H,26,29). The lowest BCUT2D eigenvalue weighted by Gasteiger charge is -2.05. The van der Waals surface area contributed by atoms with Crippen molar-refractivity contribution in [1.82, 2.24) is 20.1 Å². The first-order valence-corrected chi connectivity index (χ1v) is 9.52. The molecule has 4 aromatic rings. The summed E-state index contributed by atoms with van der Waals surface area (Å²) in [5.41, 5.74) is 3.01. The third-order valence-electron chi connectivity index (χ3n) is 4.54. The first-order valence-electron chi connectivity index (χ1n) is 9.52. The lowest BCUT2D eigenvalue weighted by atomic mass is 10.1. The third kappa shape index (κ3) is 4.31. The van der Waals surface area contributed by atoms with Crippen LogP contribution in [-0.2, 0) is 7.05 Å². The number of carbonyl (C=O) groups is 1. The molecule has 0 bridgehead atoms. The maximum Gasteiger partial charge on any atom is 0.270 e. The van der Waals surface area contributed by atoms with Crippen molar-refractivity contribution >= 4 is 16.8 Å². The molecular weight excluding hydrogens is 376 g/mol. The first kappa shape index (κ1) is 19.2. The van der Waals surface area contributed by atoms with Crippen LogP contribution in [0.25, 0.3) is 22.2 Å². The molecule has 0 unspecified atom stereocenters. The highest BCUT2D eigenvalue weighted by atomic mass is 16.5. The molecule has 0 aliphatic rings. The summed E-state index contributed by atoms with van der Waals surface area (Å²) >= 11 is 0. The van der Waals surface area contributed by atoms with Gasteiger partial charge in [0.05, 0.1) is 12.2 Å². The Bertz CT molecular complexity index is 1230. The molecular formula is C24H20N4O2. The van der Waals surface area contributed by atoms with E-state index in [1.165, 1.54) is 0 Å². The van der Waals surface area contributed by atoms with Gasteiger partial charge in [-0.05, 0) is 18.2 Å². The molecule has 0 radical (unpaired) electrons. The highest BCUT2D eigenvalue weighted by molar-refractivity contribution is 5.93. The van der Waals surface area contributed by atoms with E-state index in [4.69, 9.17) is 4.74 Å². The molecule has 4 rings (SSSR count). The summed E-state index contributed by atoms with van der Waals surface area (Å²) in [4.78, 5) is 16.8. The average Bonchev–Trinajstić information content (AvgIpc) is 3.18. The lowest BCUT2D eigenvalue weighted by molar-refractivity contribution is 0.0949. The Morgan fingerprint density at radius 2 is 1.90 bits per heavy atom. The van der Waals surface area contributed by atoms with Gasteiger partial charge >= 0.3 is 0 Å².